The maximum Gasteiger partial charge on any atom is 0.374 e. The number of fused-ring (bicyclic) bond motifs is 1. The molecule has 0 atom stereocenters. The van der Waals surface area contributed by atoms with Crippen LogP contribution in [-0.4, -0.2) is 5.97 Å². The molecule has 0 saturated heterocycles. The molecule has 4 nitrogen and oxygen atoms in total. The van der Waals surface area contributed by atoms with E-state index >= 15 is 0 Å². The van der Waals surface area contributed by atoms with E-state index in [-0.39, 0.29) is 12.4 Å². The highest BCUT2D eigenvalue weighted by molar-refractivity contribution is 6.31. The summed E-state index contributed by atoms with van der Waals surface area (Å²) >= 11 is 5.89. The van der Waals surface area contributed by atoms with Crippen molar-refractivity contribution >= 4 is 28.5 Å². The standard InChI is InChI=1S/C17H10ClNO3/c18-14-4-5-15-13(7-14)8-16(22-15)17(20)21-10-12-3-1-2-11(6-12)9-19/h1-8H,10H2. The van der Waals surface area contributed by atoms with E-state index in [1.54, 1.807) is 48.5 Å². The molecular formula is C17H10ClNO3. The molecule has 3 aromatic rings. The van der Waals surface area contributed by atoms with Crippen LogP contribution in [0.1, 0.15) is 21.7 Å². The Morgan fingerprint density at radius 3 is 2.91 bits per heavy atom. The number of nitriles is 1. The van der Waals surface area contributed by atoms with Crippen molar-refractivity contribution in [1.82, 2.24) is 0 Å². The minimum absolute atomic E-state index is 0.0756. The van der Waals surface area contributed by atoms with E-state index < -0.39 is 5.97 Å². The fourth-order valence-corrected chi connectivity index (χ4v) is 2.25. The first-order valence-electron chi connectivity index (χ1n) is 6.51. The lowest BCUT2D eigenvalue weighted by atomic mass is 10.1. The van der Waals surface area contributed by atoms with Crippen molar-refractivity contribution in [3.05, 3.63) is 70.4 Å². The van der Waals surface area contributed by atoms with Crippen molar-refractivity contribution in [3.63, 3.8) is 0 Å². The molecule has 0 aliphatic heterocycles. The van der Waals surface area contributed by atoms with Gasteiger partial charge in [0.1, 0.15) is 12.2 Å². The van der Waals surface area contributed by atoms with Gasteiger partial charge in [0.25, 0.3) is 0 Å². The molecule has 1 heterocycles. The molecule has 1 aromatic heterocycles. The third-order valence-electron chi connectivity index (χ3n) is 3.11. The number of furan rings is 1. The predicted molar refractivity (Wildman–Crippen MR) is 81.5 cm³/mol. The van der Waals surface area contributed by atoms with Crippen molar-refractivity contribution in [2.75, 3.05) is 0 Å². The lowest BCUT2D eigenvalue weighted by Crippen LogP contribution is -2.03. The van der Waals surface area contributed by atoms with Gasteiger partial charge in [-0.15, -0.1) is 0 Å². The lowest BCUT2D eigenvalue weighted by molar-refractivity contribution is 0.0438. The molecule has 2 aromatic carbocycles. The molecule has 3 rings (SSSR count). The average molecular weight is 312 g/mol. The summed E-state index contributed by atoms with van der Waals surface area (Å²) in [6.45, 7) is 0.0756. The van der Waals surface area contributed by atoms with Crippen LogP contribution in [0.2, 0.25) is 5.02 Å². The van der Waals surface area contributed by atoms with Gasteiger partial charge in [-0.1, -0.05) is 23.7 Å². The second kappa shape index (κ2) is 5.92. The summed E-state index contributed by atoms with van der Waals surface area (Å²) in [6.07, 6.45) is 0. The summed E-state index contributed by atoms with van der Waals surface area (Å²) in [5, 5.41) is 10.1. The monoisotopic (exact) mass is 311 g/mol. The van der Waals surface area contributed by atoms with Crippen molar-refractivity contribution in [3.8, 4) is 6.07 Å². The zero-order chi connectivity index (χ0) is 15.5. The Bertz CT molecular complexity index is 892. The molecule has 108 valence electrons. The summed E-state index contributed by atoms with van der Waals surface area (Å²) < 4.78 is 10.6. The van der Waals surface area contributed by atoms with Gasteiger partial charge in [-0.3, -0.25) is 0 Å². The summed E-state index contributed by atoms with van der Waals surface area (Å²) in [4.78, 5) is 12.0. The maximum atomic E-state index is 12.0. The van der Waals surface area contributed by atoms with Crippen LogP contribution in [0, 0.1) is 11.3 Å². The Balaban J connectivity index is 1.74. The van der Waals surface area contributed by atoms with E-state index in [1.165, 1.54) is 0 Å². The molecule has 22 heavy (non-hydrogen) atoms. The van der Waals surface area contributed by atoms with Gasteiger partial charge in [-0.25, -0.2) is 4.79 Å². The zero-order valence-electron chi connectivity index (χ0n) is 11.4. The summed E-state index contributed by atoms with van der Waals surface area (Å²) in [5.74, 6) is -0.441. The van der Waals surface area contributed by atoms with Crippen LogP contribution >= 0.6 is 11.6 Å². The van der Waals surface area contributed by atoms with Crippen LogP contribution in [0.25, 0.3) is 11.0 Å². The predicted octanol–water partition coefficient (Wildman–Crippen LogP) is 4.31. The van der Waals surface area contributed by atoms with E-state index in [1.807, 2.05) is 6.07 Å². The fourth-order valence-electron chi connectivity index (χ4n) is 2.07. The van der Waals surface area contributed by atoms with Crippen LogP contribution in [-0.2, 0) is 11.3 Å². The quantitative estimate of drug-likeness (QED) is 0.676. The third kappa shape index (κ3) is 2.95. The normalized spacial score (nSPS) is 10.4. The molecule has 0 saturated carbocycles. The van der Waals surface area contributed by atoms with Gasteiger partial charge < -0.3 is 9.15 Å². The molecular weight excluding hydrogens is 302 g/mol. The lowest BCUT2D eigenvalue weighted by Gasteiger charge is -2.03. The molecule has 0 radical (unpaired) electrons. The summed E-state index contributed by atoms with van der Waals surface area (Å²) in [6, 6.07) is 15.6. The van der Waals surface area contributed by atoms with Gasteiger partial charge >= 0.3 is 5.97 Å². The minimum Gasteiger partial charge on any atom is -0.455 e. The van der Waals surface area contributed by atoms with E-state index in [4.69, 9.17) is 26.0 Å². The van der Waals surface area contributed by atoms with Crippen LogP contribution in [0.3, 0.4) is 0 Å². The molecule has 0 amide bonds. The number of carbonyl (C=O) groups is 1. The van der Waals surface area contributed by atoms with Gasteiger partial charge in [-0.2, -0.15) is 5.26 Å². The van der Waals surface area contributed by atoms with Crippen molar-refractivity contribution in [1.29, 1.82) is 5.26 Å². The highest BCUT2D eigenvalue weighted by Gasteiger charge is 2.14. The topological polar surface area (TPSA) is 63.2 Å². The van der Waals surface area contributed by atoms with Gasteiger partial charge in [-0.05, 0) is 42.0 Å². The first kappa shape index (κ1) is 14.2. The number of halogens is 1. The van der Waals surface area contributed by atoms with Crippen LogP contribution < -0.4 is 0 Å². The molecule has 0 unspecified atom stereocenters. The summed E-state index contributed by atoms with van der Waals surface area (Å²) in [7, 11) is 0. The number of nitrogens with zero attached hydrogens (tertiary/aromatic N) is 1. The van der Waals surface area contributed by atoms with Crippen LogP contribution in [0.4, 0.5) is 0 Å². The number of hydrogen-bond acceptors (Lipinski definition) is 4. The molecule has 0 bridgehead atoms. The molecule has 0 fully saturated rings. The molecule has 0 aliphatic rings. The smallest absolute Gasteiger partial charge is 0.374 e. The second-order valence-electron chi connectivity index (χ2n) is 4.68. The van der Waals surface area contributed by atoms with Crippen LogP contribution in [0.5, 0.6) is 0 Å². The molecule has 0 N–H and O–H groups in total. The maximum absolute atomic E-state index is 12.0. The largest absolute Gasteiger partial charge is 0.455 e. The highest BCUT2D eigenvalue weighted by Crippen LogP contribution is 2.23. The SMILES string of the molecule is N#Cc1cccc(COC(=O)c2cc3cc(Cl)ccc3o2)c1. The number of ether oxygens (including phenoxy) is 1. The van der Waals surface area contributed by atoms with Crippen molar-refractivity contribution in [2.24, 2.45) is 0 Å². The van der Waals surface area contributed by atoms with E-state index in [2.05, 4.69) is 0 Å². The number of carbonyl (C=O) groups excluding carboxylic acids is 1. The minimum atomic E-state index is -0.560. The Hall–Kier alpha value is -2.77. The molecule has 0 spiro atoms. The van der Waals surface area contributed by atoms with Gasteiger partial charge in [0.05, 0.1) is 11.6 Å². The van der Waals surface area contributed by atoms with Gasteiger partial charge in [0, 0.05) is 10.4 Å². The Morgan fingerprint density at radius 1 is 1.23 bits per heavy atom. The van der Waals surface area contributed by atoms with E-state index in [0.29, 0.717) is 16.2 Å². The number of hydrogen-bond donors (Lipinski definition) is 0. The molecule has 5 heteroatoms. The van der Waals surface area contributed by atoms with Gasteiger partial charge in [0.15, 0.2) is 0 Å². The summed E-state index contributed by atoms with van der Waals surface area (Å²) in [5.41, 5.74) is 1.83. The van der Waals surface area contributed by atoms with E-state index in [9.17, 15) is 4.79 Å². The third-order valence-corrected chi connectivity index (χ3v) is 3.34. The number of rotatable bonds is 3. The first-order valence-corrected chi connectivity index (χ1v) is 6.89. The zero-order valence-corrected chi connectivity index (χ0v) is 12.1. The first-order chi connectivity index (χ1) is 10.7. The Morgan fingerprint density at radius 2 is 2.09 bits per heavy atom. The second-order valence-corrected chi connectivity index (χ2v) is 5.12. The molecule has 0 aliphatic carbocycles. The number of esters is 1. The fraction of sp³-hybridized carbons (Fsp3) is 0.0588. The number of benzene rings is 2. The van der Waals surface area contributed by atoms with Crippen LogP contribution in [0.15, 0.2) is 52.9 Å². The van der Waals surface area contributed by atoms with Crippen molar-refractivity contribution in [2.45, 2.75) is 6.61 Å². The van der Waals surface area contributed by atoms with Crippen molar-refractivity contribution < 1.29 is 13.9 Å². The van der Waals surface area contributed by atoms with E-state index in [0.717, 1.165) is 10.9 Å². The Kier molecular flexibility index (Phi) is 3.82. The average Bonchev–Trinajstić information content (AvgIpc) is 2.96. The Labute approximate surface area is 131 Å². The highest BCUT2D eigenvalue weighted by atomic mass is 35.5. The van der Waals surface area contributed by atoms with Gasteiger partial charge in [0.2, 0.25) is 5.76 Å².